The Kier molecular flexibility index (Phi) is 3.88. The highest BCUT2D eigenvalue weighted by molar-refractivity contribution is 6.03. The zero-order valence-electron chi connectivity index (χ0n) is 12.7. The van der Waals surface area contributed by atoms with Gasteiger partial charge in [-0.2, -0.15) is 10.2 Å². The van der Waals surface area contributed by atoms with Crippen LogP contribution in [0, 0.1) is 5.82 Å². The minimum Gasteiger partial charge on any atom is -0.318 e. The number of aryl methyl sites for hydroxylation is 2. The molecular weight excluding hydrogens is 299 g/mol. The van der Waals surface area contributed by atoms with Gasteiger partial charge < -0.3 is 5.32 Å². The fraction of sp³-hybridized carbons (Fsp3) is 0.200. The quantitative estimate of drug-likeness (QED) is 0.772. The molecule has 0 radical (unpaired) electrons. The maximum atomic E-state index is 14.0. The van der Waals surface area contributed by atoms with Crippen LogP contribution in [0.2, 0.25) is 0 Å². The molecule has 1 amide bonds. The molecule has 0 unspecified atom stereocenters. The normalized spacial score (nSPS) is 10.7. The number of aromatic nitrogens is 5. The minimum atomic E-state index is -0.534. The van der Waals surface area contributed by atoms with Gasteiger partial charge in [0.1, 0.15) is 12.1 Å². The first-order chi connectivity index (χ1) is 11.1. The third-order valence-electron chi connectivity index (χ3n) is 3.47. The SMILES string of the molecule is CCc1cc(C(=O)Nc2cc(-c3ncn[nH]3)ccc2F)nn1C. The molecule has 2 heterocycles. The maximum Gasteiger partial charge on any atom is 0.276 e. The number of aromatic amines is 1. The summed E-state index contributed by atoms with van der Waals surface area (Å²) in [6.07, 6.45) is 2.11. The van der Waals surface area contributed by atoms with Crippen molar-refractivity contribution >= 4 is 11.6 Å². The summed E-state index contributed by atoms with van der Waals surface area (Å²) in [6.45, 7) is 1.97. The molecule has 0 fully saturated rings. The van der Waals surface area contributed by atoms with Gasteiger partial charge in [-0.15, -0.1) is 0 Å². The summed E-state index contributed by atoms with van der Waals surface area (Å²) in [5.41, 5.74) is 1.85. The smallest absolute Gasteiger partial charge is 0.276 e. The van der Waals surface area contributed by atoms with Crippen molar-refractivity contribution in [3.8, 4) is 11.4 Å². The summed E-state index contributed by atoms with van der Waals surface area (Å²) in [7, 11) is 1.76. The first-order valence-electron chi connectivity index (χ1n) is 7.08. The number of H-pyrrole nitrogens is 1. The number of halogens is 1. The van der Waals surface area contributed by atoms with Crippen LogP contribution in [-0.4, -0.2) is 30.9 Å². The van der Waals surface area contributed by atoms with Gasteiger partial charge in [-0.05, 0) is 30.7 Å². The van der Waals surface area contributed by atoms with Crippen LogP contribution in [0.25, 0.3) is 11.4 Å². The third-order valence-corrected chi connectivity index (χ3v) is 3.47. The zero-order valence-corrected chi connectivity index (χ0v) is 12.7. The summed E-state index contributed by atoms with van der Waals surface area (Å²) in [5.74, 6) is -0.506. The molecule has 3 aromatic rings. The van der Waals surface area contributed by atoms with Crippen LogP contribution in [0.4, 0.5) is 10.1 Å². The number of hydrogen-bond donors (Lipinski definition) is 2. The molecule has 118 valence electrons. The van der Waals surface area contributed by atoms with Gasteiger partial charge in [0, 0.05) is 18.3 Å². The minimum absolute atomic E-state index is 0.0626. The number of benzene rings is 1. The maximum absolute atomic E-state index is 14.0. The van der Waals surface area contributed by atoms with Crippen molar-refractivity contribution in [1.29, 1.82) is 0 Å². The van der Waals surface area contributed by atoms with E-state index in [1.807, 2.05) is 6.92 Å². The number of rotatable bonds is 4. The molecular formula is C15H15FN6O. The van der Waals surface area contributed by atoms with Crippen molar-refractivity contribution in [2.45, 2.75) is 13.3 Å². The van der Waals surface area contributed by atoms with Crippen molar-refractivity contribution in [2.24, 2.45) is 7.05 Å². The number of amides is 1. The van der Waals surface area contributed by atoms with Crippen LogP contribution in [0.1, 0.15) is 23.1 Å². The summed E-state index contributed by atoms with van der Waals surface area (Å²) >= 11 is 0. The molecule has 0 aliphatic carbocycles. The molecule has 0 aliphatic rings. The average molecular weight is 314 g/mol. The molecule has 7 nitrogen and oxygen atoms in total. The van der Waals surface area contributed by atoms with Crippen LogP contribution < -0.4 is 5.32 Å². The molecule has 2 N–H and O–H groups in total. The van der Waals surface area contributed by atoms with E-state index < -0.39 is 11.7 Å². The lowest BCUT2D eigenvalue weighted by Gasteiger charge is -2.06. The van der Waals surface area contributed by atoms with Crippen molar-refractivity contribution in [1.82, 2.24) is 25.0 Å². The first kappa shape index (κ1) is 14.9. The van der Waals surface area contributed by atoms with Crippen LogP contribution >= 0.6 is 0 Å². The lowest BCUT2D eigenvalue weighted by Crippen LogP contribution is -2.14. The highest BCUT2D eigenvalue weighted by atomic mass is 19.1. The van der Waals surface area contributed by atoms with E-state index in [-0.39, 0.29) is 11.4 Å². The zero-order chi connectivity index (χ0) is 16.4. The molecule has 2 aromatic heterocycles. The summed E-state index contributed by atoms with van der Waals surface area (Å²) in [5, 5.41) is 13.1. The van der Waals surface area contributed by atoms with E-state index >= 15 is 0 Å². The van der Waals surface area contributed by atoms with E-state index in [0.717, 1.165) is 12.1 Å². The highest BCUT2D eigenvalue weighted by Crippen LogP contribution is 2.22. The topological polar surface area (TPSA) is 88.5 Å². The van der Waals surface area contributed by atoms with E-state index in [1.165, 1.54) is 18.5 Å². The van der Waals surface area contributed by atoms with Gasteiger partial charge in [0.15, 0.2) is 11.5 Å². The van der Waals surface area contributed by atoms with Crippen LogP contribution in [0.3, 0.4) is 0 Å². The van der Waals surface area contributed by atoms with Gasteiger partial charge in [-0.3, -0.25) is 14.6 Å². The van der Waals surface area contributed by atoms with Crippen molar-refractivity contribution < 1.29 is 9.18 Å². The van der Waals surface area contributed by atoms with Crippen LogP contribution in [0.5, 0.6) is 0 Å². The van der Waals surface area contributed by atoms with Crippen molar-refractivity contribution in [3.05, 3.63) is 47.8 Å². The molecule has 0 spiro atoms. The molecule has 0 saturated carbocycles. The van der Waals surface area contributed by atoms with Crippen molar-refractivity contribution in [3.63, 3.8) is 0 Å². The fourth-order valence-corrected chi connectivity index (χ4v) is 2.25. The first-order valence-corrected chi connectivity index (χ1v) is 7.08. The van der Waals surface area contributed by atoms with Gasteiger partial charge in [0.05, 0.1) is 5.69 Å². The fourth-order valence-electron chi connectivity index (χ4n) is 2.25. The van der Waals surface area contributed by atoms with Gasteiger partial charge in [0.25, 0.3) is 5.91 Å². The average Bonchev–Trinajstić information content (AvgIpc) is 3.18. The number of nitrogens with one attached hydrogen (secondary N) is 2. The van der Waals surface area contributed by atoms with Crippen LogP contribution in [-0.2, 0) is 13.5 Å². The Labute approximate surface area is 131 Å². The molecule has 1 aromatic carbocycles. The Hall–Kier alpha value is -3.03. The summed E-state index contributed by atoms with van der Waals surface area (Å²) < 4.78 is 15.6. The molecule has 8 heteroatoms. The molecule has 0 saturated heterocycles. The molecule has 3 rings (SSSR count). The van der Waals surface area contributed by atoms with Crippen LogP contribution in [0.15, 0.2) is 30.6 Å². The van der Waals surface area contributed by atoms with Gasteiger partial charge in [-0.25, -0.2) is 9.37 Å². The number of hydrogen-bond acceptors (Lipinski definition) is 4. The molecule has 0 bridgehead atoms. The predicted molar refractivity (Wildman–Crippen MR) is 82.3 cm³/mol. The lowest BCUT2D eigenvalue weighted by atomic mass is 10.1. The number of carbonyl (C=O) groups is 1. The van der Waals surface area contributed by atoms with Gasteiger partial charge in [0.2, 0.25) is 0 Å². The standard InChI is InChI=1S/C15H15FN6O/c1-3-10-7-13(21-22(10)2)15(23)19-12-6-9(4-5-11(12)16)14-17-8-18-20-14/h4-8H,3H2,1-2H3,(H,19,23)(H,17,18,20). The van der Waals surface area contributed by atoms with Gasteiger partial charge >= 0.3 is 0 Å². The Bertz CT molecular complexity index is 840. The second-order valence-electron chi connectivity index (χ2n) is 4.98. The van der Waals surface area contributed by atoms with Gasteiger partial charge in [-0.1, -0.05) is 6.92 Å². The molecule has 23 heavy (non-hydrogen) atoms. The number of nitrogens with zero attached hydrogens (tertiary/aromatic N) is 4. The predicted octanol–water partition coefficient (Wildman–Crippen LogP) is 2.16. The monoisotopic (exact) mass is 314 g/mol. The number of anilines is 1. The summed E-state index contributed by atoms with van der Waals surface area (Å²) in [6, 6.07) is 6.01. The molecule has 0 atom stereocenters. The van der Waals surface area contributed by atoms with E-state index in [2.05, 4.69) is 25.6 Å². The second kappa shape index (κ2) is 5.99. The Morgan fingerprint density at radius 3 is 2.87 bits per heavy atom. The lowest BCUT2D eigenvalue weighted by molar-refractivity contribution is 0.102. The summed E-state index contributed by atoms with van der Waals surface area (Å²) in [4.78, 5) is 16.3. The largest absolute Gasteiger partial charge is 0.318 e. The van der Waals surface area contributed by atoms with E-state index in [1.54, 1.807) is 23.9 Å². The Morgan fingerprint density at radius 1 is 1.39 bits per heavy atom. The number of carbonyl (C=O) groups excluding carboxylic acids is 1. The van der Waals surface area contributed by atoms with E-state index in [9.17, 15) is 9.18 Å². The van der Waals surface area contributed by atoms with E-state index in [4.69, 9.17) is 0 Å². The Morgan fingerprint density at radius 2 is 2.22 bits per heavy atom. The highest BCUT2D eigenvalue weighted by Gasteiger charge is 2.15. The molecule has 0 aliphatic heterocycles. The Balaban J connectivity index is 1.86. The van der Waals surface area contributed by atoms with Crippen molar-refractivity contribution in [2.75, 3.05) is 5.32 Å². The van der Waals surface area contributed by atoms with E-state index in [0.29, 0.717) is 11.4 Å². The second-order valence-corrected chi connectivity index (χ2v) is 4.98. The third kappa shape index (κ3) is 2.96.